The number of hydrogen-bond acceptors (Lipinski definition) is 5. The smallest absolute Gasteiger partial charge is 0.255 e. The minimum Gasteiger partial charge on any atom is -0.349 e. The first kappa shape index (κ1) is 22.7. The van der Waals surface area contributed by atoms with Crippen molar-refractivity contribution in [1.29, 1.82) is 0 Å². The molecule has 32 heavy (non-hydrogen) atoms. The zero-order valence-corrected chi connectivity index (χ0v) is 19.7. The van der Waals surface area contributed by atoms with E-state index in [0.717, 1.165) is 10.4 Å². The number of nitrogens with one attached hydrogen (secondary N) is 1. The van der Waals surface area contributed by atoms with Gasteiger partial charge in [0.25, 0.3) is 5.91 Å². The van der Waals surface area contributed by atoms with Crippen molar-refractivity contribution in [3.63, 3.8) is 0 Å². The normalized spacial score (nSPS) is 15.7. The topological polar surface area (TPSA) is 84.3 Å². The minimum atomic E-state index is -3.19. The van der Waals surface area contributed by atoms with Crippen LogP contribution in [0.1, 0.15) is 42.1 Å². The number of carbonyl (C=O) groups is 1. The number of aromatic nitrogens is 2. The molecule has 0 atom stereocenters. The van der Waals surface area contributed by atoms with Gasteiger partial charge in [-0.25, -0.2) is 12.7 Å². The van der Waals surface area contributed by atoms with Gasteiger partial charge in [-0.1, -0.05) is 43.3 Å². The summed E-state index contributed by atoms with van der Waals surface area (Å²) in [7, 11) is -3.19. The number of carbonyl (C=O) groups excluding carboxylic acids is 1. The summed E-state index contributed by atoms with van der Waals surface area (Å²) >= 11 is 1.55. The van der Waals surface area contributed by atoms with E-state index in [-0.39, 0.29) is 17.7 Å². The van der Waals surface area contributed by atoms with Crippen LogP contribution in [-0.2, 0) is 16.6 Å². The molecule has 3 heterocycles. The van der Waals surface area contributed by atoms with E-state index >= 15 is 0 Å². The van der Waals surface area contributed by atoms with Crippen molar-refractivity contribution in [1.82, 2.24) is 19.4 Å². The maximum atomic E-state index is 13.2. The van der Waals surface area contributed by atoms with Crippen molar-refractivity contribution in [2.45, 2.75) is 38.8 Å². The Labute approximate surface area is 193 Å². The molecule has 1 amide bonds. The van der Waals surface area contributed by atoms with Crippen LogP contribution in [0.5, 0.6) is 0 Å². The molecule has 0 aliphatic carbocycles. The molecule has 170 valence electrons. The van der Waals surface area contributed by atoms with E-state index in [1.54, 1.807) is 26.5 Å². The van der Waals surface area contributed by atoms with Crippen LogP contribution < -0.4 is 5.32 Å². The average molecular weight is 473 g/mol. The van der Waals surface area contributed by atoms with Gasteiger partial charge in [0.05, 0.1) is 22.7 Å². The first-order valence-electron chi connectivity index (χ1n) is 10.9. The fraction of sp³-hybridized carbons (Fsp3) is 0.391. The lowest BCUT2D eigenvalue weighted by Gasteiger charge is -2.31. The minimum absolute atomic E-state index is 0.0516. The van der Waals surface area contributed by atoms with Gasteiger partial charge in [-0.15, -0.1) is 11.3 Å². The van der Waals surface area contributed by atoms with E-state index < -0.39 is 10.0 Å². The van der Waals surface area contributed by atoms with Crippen LogP contribution in [0.25, 0.3) is 10.6 Å². The highest BCUT2D eigenvalue weighted by molar-refractivity contribution is 7.89. The molecular weight excluding hydrogens is 444 g/mol. The van der Waals surface area contributed by atoms with Gasteiger partial charge >= 0.3 is 0 Å². The van der Waals surface area contributed by atoms with Crippen LogP contribution in [0.4, 0.5) is 0 Å². The molecule has 1 saturated heterocycles. The highest BCUT2D eigenvalue weighted by Crippen LogP contribution is 2.27. The maximum absolute atomic E-state index is 13.2. The number of sulfonamides is 1. The third-order valence-corrected chi connectivity index (χ3v) is 8.55. The molecule has 1 N–H and O–H groups in total. The number of rotatable bonds is 8. The van der Waals surface area contributed by atoms with Crippen LogP contribution in [-0.4, -0.2) is 53.3 Å². The number of thiophene rings is 1. The molecule has 1 aromatic carbocycles. The standard InChI is InChI=1S/C23H28N4O3S2/c1-2-15-32(29,30)27-12-10-19(11-13-27)24-23(28)20-17-26(16-18-7-4-3-5-8-18)25-22(20)21-9-6-14-31-21/h3-9,14,17,19H,2,10-13,15-16H2,1H3,(H,24,28). The lowest BCUT2D eigenvalue weighted by molar-refractivity contribution is 0.0924. The van der Waals surface area contributed by atoms with E-state index in [9.17, 15) is 13.2 Å². The second kappa shape index (κ2) is 9.97. The summed E-state index contributed by atoms with van der Waals surface area (Å²) in [4.78, 5) is 14.1. The zero-order valence-electron chi connectivity index (χ0n) is 18.1. The Hall–Kier alpha value is -2.49. The maximum Gasteiger partial charge on any atom is 0.255 e. The number of hydrogen-bond donors (Lipinski definition) is 1. The molecule has 0 bridgehead atoms. The molecular formula is C23H28N4O3S2. The van der Waals surface area contributed by atoms with Crippen molar-refractivity contribution in [3.05, 3.63) is 65.2 Å². The fourth-order valence-corrected chi connectivity index (χ4v) is 6.23. The van der Waals surface area contributed by atoms with Crippen molar-refractivity contribution in [3.8, 4) is 10.6 Å². The molecule has 1 aliphatic heterocycles. The monoisotopic (exact) mass is 472 g/mol. The Morgan fingerprint density at radius 2 is 1.91 bits per heavy atom. The van der Waals surface area contributed by atoms with Crippen LogP contribution in [0, 0.1) is 0 Å². The first-order chi connectivity index (χ1) is 15.5. The summed E-state index contributed by atoms with van der Waals surface area (Å²) in [6, 6.07) is 13.9. The van der Waals surface area contributed by atoms with Crippen molar-refractivity contribution < 1.29 is 13.2 Å². The third-order valence-electron chi connectivity index (χ3n) is 5.59. The van der Waals surface area contributed by atoms with Gasteiger partial charge in [0.15, 0.2) is 0 Å². The van der Waals surface area contributed by atoms with Gasteiger partial charge in [0, 0.05) is 25.3 Å². The van der Waals surface area contributed by atoms with E-state index in [4.69, 9.17) is 5.10 Å². The summed E-state index contributed by atoms with van der Waals surface area (Å²) in [6.45, 7) is 3.34. The molecule has 0 spiro atoms. The summed E-state index contributed by atoms with van der Waals surface area (Å²) < 4.78 is 27.9. The molecule has 9 heteroatoms. The number of amides is 1. The second-order valence-electron chi connectivity index (χ2n) is 8.01. The molecule has 1 aliphatic rings. The molecule has 4 rings (SSSR count). The first-order valence-corrected chi connectivity index (χ1v) is 13.4. The molecule has 2 aromatic heterocycles. The highest BCUT2D eigenvalue weighted by atomic mass is 32.2. The molecule has 0 radical (unpaired) electrons. The summed E-state index contributed by atoms with van der Waals surface area (Å²) in [5.74, 6) is 0.0111. The Morgan fingerprint density at radius 3 is 2.56 bits per heavy atom. The fourth-order valence-electron chi connectivity index (χ4n) is 3.96. The van der Waals surface area contributed by atoms with Gasteiger partial charge in [-0.05, 0) is 36.3 Å². The van der Waals surface area contributed by atoms with Gasteiger partial charge in [0.2, 0.25) is 10.0 Å². The van der Waals surface area contributed by atoms with Crippen molar-refractivity contribution >= 4 is 27.3 Å². The molecule has 7 nitrogen and oxygen atoms in total. The number of benzene rings is 1. The van der Waals surface area contributed by atoms with Crippen molar-refractivity contribution in [2.75, 3.05) is 18.8 Å². The van der Waals surface area contributed by atoms with Crippen molar-refractivity contribution in [2.24, 2.45) is 0 Å². The Morgan fingerprint density at radius 1 is 1.16 bits per heavy atom. The largest absolute Gasteiger partial charge is 0.349 e. The summed E-state index contributed by atoms with van der Waals surface area (Å²) in [5, 5.41) is 9.79. The Bertz CT molecular complexity index is 1130. The van der Waals surface area contributed by atoms with Crippen LogP contribution in [0.3, 0.4) is 0 Å². The third kappa shape index (κ3) is 5.28. The summed E-state index contributed by atoms with van der Waals surface area (Å²) in [6.07, 6.45) is 3.64. The number of piperidine rings is 1. The lowest BCUT2D eigenvalue weighted by atomic mass is 10.1. The quantitative estimate of drug-likeness (QED) is 0.543. The predicted molar refractivity (Wildman–Crippen MR) is 127 cm³/mol. The predicted octanol–water partition coefficient (Wildman–Crippen LogP) is 3.59. The molecule has 0 saturated carbocycles. The molecule has 3 aromatic rings. The van der Waals surface area contributed by atoms with E-state index in [1.165, 1.54) is 0 Å². The van der Waals surface area contributed by atoms with Crippen LogP contribution in [0.2, 0.25) is 0 Å². The second-order valence-corrected chi connectivity index (χ2v) is 11.1. The lowest BCUT2D eigenvalue weighted by Crippen LogP contribution is -2.47. The zero-order chi connectivity index (χ0) is 22.6. The Balaban J connectivity index is 1.47. The van der Waals surface area contributed by atoms with E-state index in [0.29, 0.717) is 50.2 Å². The van der Waals surface area contributed by atoms with Gasteiger partial charge in [-0.3, -0.25) is 9.48 Å². The van der Waals surface area contributed by atoms with E-state index in [1.807, 2.05) is 54.8 Å². The van der Waals surface area contributed by atoms with Gasteiger partial charge in [-0.2, -0.15) is 5.10 Å². The SMILES string of the molecule is CCCS(=O)(=O)N1CCC(NC(=O)c2cn(Cc3ccccc3)nc2-c2cccs2)CC1. The molecule has 0 unspecified atom stereocenters. The number of nitrogens with zero attached hydrogens (tertiary/aromatic N) is 3. The molecule has 1 fully saturated rings. The summed E-state index contributed by atoms with van der Waals surface area (Å²) in [5.41, 5.74) is 2.33. The Kier molecular flexibility index (Phi) is 7.07. The van der Waals surface area contributed by atoms with Gasteiger partial charge in [0.1, 0.15) is 5.69 Å². The highest BCUT2D eigenvalue weighted by Gasteiger charge is 2.29. The average Bonchev–Trinajstić information content (AvgIpc) is 3.45. The van der Waals surface area contributed by atoms with Gasteiger partial charge < -0.3 is 5.32 Å². The van der Waals surface area contributed by atoms with Crippen LogP contribution in [0.15, 0.2) is 54.0 Å². The van der Waals surface area contributed by atoms with Crippen LogP contribution >= 0.6 is 11.3 Å². The van der Waals surface area contributed by atoms with E-state index in [2.05, 4.69) is 5.32 Å².